The molecule has 0 radical (unpaired) electrons. The molecule has 1 aliphatic rings. The van der Waals surface area contributed by atoms with Crippen LogP contribution in [0.5, 0.6) is 5.75 Å². The van der Waals surface area contributed by atoms with Crippen LogP contribution in [0.3, 0.4) is 0 Å². The van der Waals surface area contributed by atoms with Crippen LogP contribution >= 0.6 is 0 Å². The zero-order chi connectivity index (χ0) is 17.5. The van der Waals surface area contributed by atoms with Gasteiger partial charge in [-0.1, -0.05) is 30.3 Å². The lowest BCUT2D eigenvalue weighted by Gasteiger charge is -2.27. The average molecular weight is 338 g/mol. The van der Waals surface area contributed by atoms with E-state index in [9.17, 15) is 4.79 Å². The van der Waals surface area contributed by atoms with Crippen molar-refractivity contribution in [3.63, 3.8) is 0 Å². The maximum atomic E-state index is 12.2. The molecular weight excluding hydrogens is 312 g/mol. The van der Waals surface area contributed by atoms with E-state index in [-0.39, 0.29) is 5.91 Å². The minimum atomic E-state index is 0.121. The van der Waals surface area contributed by atoms with Crippen LogP contribution < -0.4 is 15.0 Å². The van der Waals surface area contributed by atoms with E-state index in [4.69, 9.17) is 4.74 Å². The van der Waals surface area contributed by atoms with Gasteiger partial charge in [-0.2, -0.15) is 0 Å². The molecule has 0 saturated carbocycles. The van der Waals surface area contributed by atoms with Crippen LogP contribution in [0.25, 0.3) is 0 Å². The van der Waals surface area contributed by atoms with Crippen molar-refractivity contribution in [3.8, 4) is 5.75 Å². The number of para-hydroxylation sites is 1. The van der Waals surface area contributed by atoms with Gasteiger partial charge in [-0.3, -0.25) is 4.79 Å². The number of benzene rings is 2. The van der Waals surface area contributed by atoms with E-state index < -0.39 is 0 Å². The minimum absolute atomic E-state index is 0.121. The number of amides is 1. The summed E-state index contributed by atoms with van der Waals surface area (Å²) in [6.07, 6.45) is 3.59. The number of hydrogen-bond donors (Lipinski definition) is 1. The zero-order valence-corrected chi connectivity index (χ0v) is 14.8. The Kier molecular flexibility index (Phi) is 5.94. The van der Waals surface area contributed by atoms with Gasteiger partial charge in [-0.05, 0) is 49.1 Å². The Morgan fingerprint density at radius 2 is 1.92 bits per heavy atom. The minimum Gasteiger partial charge on any atom is -0.497 e. The van der Waals surface area contributed by atoms with Crippen molar-refractivity contribution < 1.29 is 9.53 Å². The second-order valence-corrected chi connectivity index (χ2v) is 6.48. The highest BCUT2D eigenvalue weighted by Crippen LogP contribution is 2.24. The Morgan fingerprint density at radius 3 is 2.64 bits per heavy atom. The summed E-state index contributed by atoms with van der Waals surface area (Å²) >= 11 is 0. The van der Waals surface area contributed by atoms with Gasteiger partial charge in [0.1, 0.15) is 5.75 Å². The predicted octanol–water partition coefficient (Wildman–Crippen LogP) is 3.41. The maximum Gasteiger partial charge on any atom is 0.220 e. The molecule has 2 aromatic carbocycles. The van der Waals surface area contributed by atoms with E-state index in [1.807, 2.05) is 30.3 Å². The smallest absolute Gasteiger partial charge is 0.220 e. The second-order valence-electron chi connectivity index (χ2n) is 6.48. The molecule has 4 nitrogen and oxygen atoms in total. The van der Waals surface area contributed by atoms with Crippen LogP contribution in [0.4, 0.5) is 5.69 Å². The van der Waals surface area contributed by atoms with Crippen molar-refractivity contribution in [1.82, 2.24) is 5.32 Å². The van der Waals surface area contributed by atoms with Crippen LogP contribution in [-0.2, 0) is 11.2 Å². The Balaban J connectivity index is 1.45. The number of hydrogen-bond acceptors (Lipinski definition) is 3. The fourth-order valence-corrected chi connectivity index (χ4v) is 3.38. The molecule has 4 heteroatoms. The standard InChI is InChI=1S/C21H26N2O2/c1-25-20-12-9-17(10-13-20)11-14-21(24)22-16-19-8-5-15-23(19)18-6-3-2-4-7-18/h2-4,6-7,9-10,12-13,19H,5,8,11,14-16H2,1H3,(H,22,24). The molecule has 0 bridgehead atoms. The van der Waals surface area contributed by atoms with Gasteiger partial charge in [0.15, 0.2) is 0 Å². The molecule has 1 amide bonds. The van der Waals surface area contributed by atoms with Crippen LogP contribution in [0, 0.1) is 0 Å². The highest BCUT2D eigenvalue weighted by molar-refractivity contribution is 5.76. The van der Waals surface area contributed by atoms with Gasteiger partial charge in [0, 0.05) is 31.2 Å². The summed E-state index contributed by atoms with van der Waals surface area (Å²) in [6, 6.07) is 18.7. The maximum absolute atomic E-state index is 12.2. The number of ether oxygens (including phenoxy) is 1. The molecule has 1 saturated heterocycles. The van der Waals surface area contributed by atoms with Gasteiger partial charge >= 0.3 is 0 Å². The van der Waals surface area contributed by atoms with Crippen molar-refractivity contribution >= 4 is 11.6 Å². The first kappa shape index (κ1) is 17.3. The lowest BCUT2D eigenvalue weighted by atomic mass is 10.1. The van der Waals surface area contributed by atoms with Gasteiger partial charge in [-0.15, -0.1) is 0 Å². The molecule has 0 aromatic heterocycles. The molecular formula is C21H26N2O2. The number of carbonyl (C=O) groups excluding carboxylic acids is 1. The third-order valence-corrected chi connectivity index (χ3v) is 4.80. The first-order valence-corrected chi connectivity index (χ1v) is 8.97. The van der Waals surface area contributed by atoms with E-state index in [2.05, 4.69) is 34.5 Å². The van der Waals surface area contributed by atoms with Crippen LogP contribution in [0.15, 0.2) is 54.6 Å². The number of aryl methyl sites for hydroxylation is 1. The van der Waals surface area contributed by atoms with Crippen LogP contribution in [0.1, 0.15) is 24.8 Å². The van der Waals surface area contributed by atoms with Gasteiger partial charge in [-0.25, -0.2) is 0 Å². The van der Waals surface area contributed by atoms with E-state index in [1.165, 1.54) is 12.1 Å². The van der Waals surface area contributed by atoms with E-state index in [1.54, 1.807) is 7.11 Å². The summed E-state index contributed by atoms with van der Waals surface area (Å²) < 4.78 is 5.15. The number of nitrogens with one attached hydrogen (secondary N) is 1. The Bertz CT molecular complexity index is 670. The summed E-state index contributed by atoms with van der Waals surface area (Å²) in [5.74, 6) is 0.964. The number of methoxy groups -OCH3 is 1. The van der Waals surface area contributed by atoms with Gasteiger partial charge < -0.3 is 15.0 Å². The van der Waals surface area contributed by atoms with E-state index >= 15 is 0 Å². The molecule has 0 aliphatic carbocycles. The molecule has 1 heterocycles. The van der Waals surface area contributed by atoms with Crippen molar-refractivity contribution in [2.45, 2.75) is 31.7 Å². The van der Waals surface area contributed by atoms with E-state index in [0.717, 1.165) is 37.2 Å². The average Bonchev–Trinajstić information content (AvgIpc) is 3.14. The molecule has 1 atom stereocenters. The van der Waals surface area contributed by atoms with E-state index in [0.29, 0.717) is 12.5 Å². The van der Waals surface area contributed by atoms with Gasteiger partial charge in [0.25, 0.3) is 0 Å². The number of anilines is 1. The summed E-state index contributed by atoms with van der Waals surface area (Å²) in [4.78, 5) is 14.6. The second kappa shape index (κ2) is 8.56. The van der Waals surface area contributed by atoms with Crippen LogP contribution in [0.2, 0.25) is 0 Å². The topological polar surface area (TPSA) is 41.6 Å². The van der Waals surface area contributed by atoms with Crippen molar-refractivity contribution in [3.05, 3.63) is 60.2 Å². The molecule has 25 heavy (non-hydrogen) atoms. The van der Waals surface area contributed by atoms with Crippen LogP contribution in [-0.4, -0.2) is 32.1 Å². The molecule has 2 aromatic rings. The van der Waals surface area contributed by atoms with Gasteiger partial charge in [0.2, 0.25) is 5.91 Å². The molecule has 132 valence electrons. The Hall–Kier alpha value is -2.49. The Labute approximate surface area is 149 Å². The third-order valence-electron chi connectivity index (χ3n) is 4.80. The zero-order valence-electron chi connectivity index (χ0n) is 14.8. The third kappa shape index (κ3) is 4.75. The first-order chi connectivity index (χ1) is 12.3. The van der Waals surface area contributed by atoms with Crippen molar-refractivity contribution in [1.29, 1.82) is 0 Å². The van der Waals surface area contributed by atoms with Crippen molar-refractivity contribution in [2.75, 3.05) is 25.1 Å². The molecule has 0 spiro atoms. The van der Waals surface area contributed by atoms with Crippen molar-refractivity contribution in [2.24, 2.45) is 0 Å². The molecule has 1 N–H and O–H groups in total. The highest BCUT2D eigenvalue weighted by Gasteiger charge is 2.24. The number of rotatable bonds is 7. The summed E-state index contributed by atoms with van der Waals surface area (Å²) in [5, 5.41) is 3.11. The summed E-state index contributed by atoms with van der Waals surface area (Å²) in [5.41, 5.74) is 2.40. The molecule has 1 unspecified atom stereocenters. The fourth-order valence-electron chi connectivity index (χ4n) is 3.38. The Morgan fingerprint density at radius 1 is 1.16 bits per heavy atom. The molecule has 1 aliphatic heterocycles. The summed E-state index contributed by atoms with van der Waals surface area (Å²) in [7, 11) is 1.66. The predicted molar refractivity (Wildman–Crippen MR) is 101 cm³/mol. The fraction of sp³-hybridized carbons (Fsp3) is 0.381. The van der Waals surface area contributed by atoms with Gasteiger partial charge in [0.05, 0.1) is 7.11 Å². The summed E-state index contributed by atoms with van der Waals surface area (Å²) in [6.45, 7) is 1.78. The quantitative estimate of drug-likeness (QED) is 0.841. The normalized spacial score (nSPS) is 16.7. The number of nitrogens with zero attached hydrogens (tertiary/aromatic N) is 1. The number of carbonyl (C=O) groups is 1. The first-order valence-electron chi connectivity index (χ1n) is 8.97. The highest BCUT2D eigenvalue weighted by atomic mass is 16.5. The SMILES string of the molecule is COc1ccc(CCC(=O)NCC2CCCN2c2ccccc2)cc1. The lowest BCUT2D eigenvalue weighted by molar-refractivity contribution is -0.121. The largest absolute Gasteiger partial charge is 0.497 e. The molecule has 1 fully saturated rings. The lowest BCUT2D eigenvalue weighted by Crippen LogP contribution is -2.40. The molecule has 3 rings (SSSR count). The monoisotopic (exact) mass is 338 g/mol.